The Morgan fingerprint density at radius 1 is 1.44 bits per heavy atom. The first kappa shape index (κ1) is 11.5. The Morgan fingerprint density at radius 2 is 2.33 bits per heavy atom. The Kier molecular flexibility index (Phi) is 2.91. The Hall–Kier alpha value is -1.62. The van der Waals surface area contributed by atoms with Crippen molar-refractivity contribution in [3.8, 4) is 0 Å². The number of nitrogens with one attached hydrogen (secondary N) is 1. The zero-order valence-electron chi connectivity index (χ0n) is 10.5. The van der Waals surface area contributed by atoms with Crippen LogP contribution in [0, 0.1) is 12.8 Å². The van der Waals surface area contributed by atoms with Crippen LogP contribution in [0.1, 0.15) is 25.0 Å². The van der Waals surface area contributed by atoms with Gasteiger partial charge in [0.15, 0.2) is 5.65 Å². The SMILES string of the molecule is Cc1cccc2nc(NCC3CCC(O)C3)nn12. The van der Waals surface area contributed by atoms with Crippen LogP contribution in [0.15, 0.2) is 18.2 Å². The average molecular weight is 246 g/mol. The molecule has 0 amide bonds. The smallest absolute Gasteiger partial charge is 0.243 e. The van der Waals surface area contributed by atoms with Gasteiger partial charge in [0.25, 0.3) is 0 Å². The second kappa shape index (κ2) is 4.57. The highest BCUT2D eigenvalue weighted by Gasteiger charge is 2.22. The molecule has 0 radical (unpaired) electrons. The van der Waals surface area contributed by atoms with Crippen molar-refractivity contribution < 1.29 is 5.11 Å². The lowest BCUT2D eigenvalue weighted by Crippen LogP contribution is -2.13. The summed E-state index contributed by atoms with van der Waals surface area (Å²) >= 11 is 0. The number of rotatable bonds is 3. The normalized spacial score (nSPS) is 23.7. The Labute approximate surface area is 106 Å². The molecule has 2 aromatic rings. The van der Waals surface area contributed by atoms with Crippen LogP contribution in [-0.4, -0.2) is 32.4 Å². The number of hydrogen-bond acceptors (Lipinski definition) is 4. The van der Waals surface area contributed by atoms with Crippen molar-refractivity contribution in [2.24, 2.45) is 5.92 Å². The van der Waals surface area contributed by atoms with E-state index in [-0.39, 0.29) is 6.10 Å². The van der Waals surface area contributed by atoms with Gasteiger partial charge in [-0.1, -0.05) is 6.07 Å². The van der Waals surface area contributed by atoms with Gasteiger partial charge < -0.3 is 10.4 Å². The molecule has 0 aromatic carbocycles. The summed E-state index contributed by atoms with van der Waals surface area (Å²) in [5, 5.41) is 17.2. The van der Waals surface area contributed by atoms with Crippen molar-refractivity contribution in [3.05, 3.63) is 23.9 Å². The first-order valence-electron chi connectivity index (χ1n) is 6.47. The Balaban J connectivity index is 1.69. The molecular weight excluding hydrogens is 228 g/mol. The topological polar surface area (TPSA) is 62.5 Å². The summed E-state index contributed by atoms with van der Waals surface area (Å²) in [5.74, 6) is 1.21. The molecule has 5 nitrogen and oxygen atoms in total. The highest BCUT2D eigenvalue weighted by Crippen LogP contribution is 2.25. The molecular formula is C13H18N4O. The van der Waals surface area contributed by atoms with Gasteiger partial charge in [-0.3, -0.25) is 0 Å². The molecule has 1 aliphatic rings. The third-order valence-corrected chi connectivity index (χ3v) is 3.61. The molecule has 2 N–H and O–H groups in total. The monoisotopic (exact) mass is 246 g/mol. The van der Waals surface area contributed by atoms with E-state index in [1.165, 1.54) is 0 Å². The summed E-state index contributed by atoms with van der Waals surface area (Å²) in [6, 6.07) is 5.94. The van der Waals surface area contributed by atoms with E-state index in [1.54, 1.807) is 0 Å². The summed E-state index contributed by atoms with van der Waals surface area (Å²) in [6.07, 6.45) is 2.78. The van der Waals surface area contributed by atoms with Crippen LogP contribution < -0.4 is 5.32 Å². The van der Waals surface area contributed by atoms with Crippen molar-refractivity contribution in [1.29, 1.82) is 0 Å². The van der Waals surface area contributed by atoms with Crippen molar-refractivity contribution >= 4 is 11.6 Å². The molecule has 2 aromatic heterocycles. The summed E-state index contributed by atoms with van der Waals surface area (Å²) in [4.78, 5) is 4.43. The molecule has 2 heterocycles. The van der Waals surface area contributed by atoms with Crippen LogP contribution in [0.2, 0.25) is 0 Å². The quantitative estimate of drug-likeness (QED) is 0.863. The highest BCUT2D eigenvalue weighted by molar-refractivity contribution is 5.44. The van der Waals surface area contributed by atoms with Crippen LogP contribution in [0.4, 0.5) is 5.95 Å². The zero-order chi connectivity index (χ0) is 12.5. The maximum atomic E-state index is 9.48. The third-order valence-electron chi connectivity index (χ3n) is 3.61. The van der Waals surface area contributed by atoms with E-state index < -0.39 is 0 Å². The first-order valence-corrected chi connectivity index (χ1v) is 6.47. The fraction of sp³-hybridized carbons (Fsp3) is 0.538. The second-order valence-corrected chi connectivity index (χ2v) is 5.09. The van der Waals surface area contributed by atoms with Crippen molar-refractivity contribution in [1.82, 2.24) is 14.6 Å². The van der Waals surface area contributed by atoms with Gasteiger partial charge in [-0.25, -0.2) is 4.52 Å². The van der Waals surface area contributed by atoms with Gasteiger partial charge in [-0.15, -0.1) is 5.10 Å². The minimum atomic E-state index is -0.118. The van der Waals surface area contributed by atoms with Crippen molar-refractivity contribution in [3.63, 3.8) is 0 Å². The number of anilines is 1. The number of aromatic nitrogens is 3. The minimum Gasteiger partial charge on any atom is -0.393 e. The molecule has 1 saturated carbocycles. The molecule has 0 spiro atoms. The number of hydrogen-bond donors (Lipinski definition) is 2. The van der Waals surface area contributed by atoms with E-state index in [4.69, 9.17) is 0 Å². The fourth-order valence-electron chi connectivity index (χ4n) is 2.58. The van der Waals surface area contributed by atoms with E-state index in [0.29, 0.717) is 11.9 Å². The highest BCUT2D eigenvalue weighted by atomic mass is 16.3. The zero-order valence-corrected chi connectivity index (χ0v) is 10.5. The lowest BCUT2D eigenvalue weighted by molar-refractivity contribution is 0.178. The summed E-state index contributed by atoms with van der Waals surface area (Å²) in [5.41, 5.74) is 1.94. The molecule has 18 heavy (non-hydrogen) atoms. The Morgan fingerprint density at radius 3 is 3.06 bits per heavy atom. The number of aryl methyl sites for hydroxylation is 1. The summed E-state index contributed by atoms with van der Waals surface area (Å²) in [6.45, 7) is 2.85. The molecule has 1 fully saturated rings. The first-order chi connectivity index (χ1) is 8.72. The summed E-state index contributed by atoms with van der Waals surface area (Å²) < 4.78 is 1.84. The van der Waals surface area contributed by atoms with E-state index in [2.05, 4.69) is 15.4 Å². The predicted molar refractivity (Wildman–Crippen MR) is 69.6 cm³/mol. The fourth-order valence-corrected chi connectivity index (χ4v) is 2.58. The number of fused-ring (bicyclic) bond motifs is 1. The van der Waals surface area contributed by atoms with Crippen LogP contribution in [0.3, 0.4) is 0 Å². The predicted octanol–water partition coefficient (Wildman–Crippen LogP) is 1.61. The number of aliphatic hydroxyl groups excluding tert-OH is 1. The van der Waals surface area contributed by atoms with Crippen molar-refractivity contribution in [2.45, 2.75) is 32.3 Å². The molecule has 0 bridgehead atoms. The Bertz CT molecular complexity index is 551. The van der Waals surface area contributed by atoms with Gasteiger partial charge in [-0.05, 0) is 44.2 Å². The number of aliphatic hydroxyl groups is 1. The van der Waals surface area contributed by atoms with Gasteiger partial charge in [-0.2, -0.15) is 4.98 Å². The maximum Gasteiger partial charge on any atom is 0.243 e. The summed E-state index contributed by atoms with van der Waals surface area (Å²) in [7, 11) is 0. The van der Waals surface area contributed by atoms with Gasteiger partial charge >= 0.3 is 0 Å². The molecule has 3 rings (SSSR count). The van der Waals surface area contributed by atoms with Gasteiger partial charge in [0.05, 0.1) is 6.10 Å². The van der Waals surface area contributed by atoms with E-state index in [0.717, 1.165) is 37.1 Å². The van der Waals surface area contributed by atoms with E-state index in [1.807, 2.05) is 29.6 Å². The van der Waals surface area contributed by atoms with E-state index >= 15 is 0 Å². The average Bonchev–Trinajstić information content (AvgIpc) is 2.93. The lowest BCUT2D eigenvalue weighted by Gasteiger charge is -2.08. The second-order valence-electron chi connectivity index (χ2n) is 5.09. The van der Waals surface area contributed by atoms with Crippen molar-refractivity contribution in [2.75, 3.05) is 11.9 Å². The number of pyridine rings is 1. The van der Waals surface area contributed by atoms with Crippen LogP contribution >= 0.6 is 0 Å². The molecule has 2 unspecified atom stereocenters. The van der Waals surface area contributed by atoms with Gasteiger partial charge in [0, 0.05) is 12.2 Å². The lowest BCUT2D eigenvalue weighted by atomic mass is 10.1. The third kappa shape index (κ3) is 2.18. The molecule has 0 saturated heterocycles. The van der Waals surface area contributed by atoms with Gasteiger partial charge in [0.2, 0.25) is 5.95 Å². The van der Waals surface area contributed by atoms with E-state index in [9.17, 15) is 5.11 Å². The largest absolute Gasteiger partial charge is 0.393 e. The molecule has 2 atom stereocenters. The van der Waals surface area contributed by atoms with Crippen LogP contribution in [0.25, 0.3) is 5.65 Å². The maximum absolute atomic E-state index is 9.48. The van der Waals surface area contributed by atoms with Crippen LogP contribution in [-0.2, 0) is 0 Å². The standard InChI is InChI=1S/C13H18N4O/c1-9-3-2-4-12-15-13(16-17(9)12)14-8-10-5-6-11(18)7-10/h2-4,10-11,18H,5-8H2,1H3,(H,14,16). The van der Waals surface area contributed by atoms with Gasteiger partial charge in [0.1, 0.15) is 0 Å². The molecule has 1 aliphatic carbocycles. The molecule has 0 aliphatic heterocycles. The number of nitrogens with zero attached hydrogens (tertiary/aromatic N) is 3. The van der Waals surface area contributed by atoms with Crippen LogP contribution in [0.5, 0.6) is 0 Å². The minimum absolute atomic E-state index is 0.118. The molecule has 5 heteroatoms. The molecule has 96 valence electrons.